The zero-order chi connectivity index (χ0) is 41.2. The van der Waals surface area contributed by atoms with E-state index in [-0.39, 0.29) is 0 Å². The maximum absolute atomic E-state index is 2.51. The molecule has 0 aliphatic carbocycles. The fraction of sp³-hybridized carbons (Fsp3) is 0. The van der Waals surface area contributed by atoms with Crippen LogP contribution in [0.3, 0.4) is 0 Å². The first kappa shape index (κ1) is 36.8. The van der Waals surface area contributed by atoms with Crippen molar-refractivity contribution in [2.45, 2.75) is 0 Å². The summed E-state index contributed by atoms with van der Waals surface area (Å²) >= 11 is 0. The molecule has 0 N–H and O–H groups in total. The Morgan fingerprint density at radius 3 is 1.32 bits per heavy atom. The van der Waals surface area contributed by atoms with Crippen LogP contribution >= 0.6 is 0 Å². The number of hydrogen-bond donors (Lipinski definition) is 0. The normalized spacial score (nSPS) is 11.2. The van der Waals surface area contributed by atoms with Crippen LogP contribution in [-0.4, -0.2) is 4.57 Å². The predicted molar refractivity (Wildman–Crippen MR) is 263 cm³/mol. The summed E-state index contributed by atoms with van der Waals surface area (Å²) in [6, 6.07) is 92.2. The van der Waals surface area contributed by atoms with Gasteiger partial charge in [-0.3, -0.25) is 0 Å². The summed E-state index contributed by atoms with van der Waals surface area (Å²) in [4.78, 5) is 2.51. The number of rotatable bonds is 9. The molecule has 2 nitrogen and oxygen atoms in total. The Bertz CT molecular complexity index is 3300. The highest BCUT2D eigenvalue weighted by Crippen LogP contribution is 2.49. The lowest BCUT2D eigenvalue weighted by Gasteiger charge is -2.31. The Hall–Kier alpha value is -8.20. The van der Waals surface area contributed by atoms with Crippen LogP contribution in [0.4, 0.5) is 17.1 Å². The van der Waals surface area contributed by atoms with Gasteiger partial charge >= 0.3 is 0 Å². The third kappa shape index (κ3) is 6.74. The molecule has 62 heavy (non-hydrogen) atoms. The summed E-state index contributed by atoms with van der Waals surface area (Å²) in [6.45, 7) is 0. The second kappa shape index (κ2) is 16.1. The SMILES string of the molecule is c1ccc(-c2ccc(-c3ccc(N(c4ccccc4-c4ccc(-c5ccccc5)cc4)c4cccc5c4c4ccccc4n5-c4ccccc4)c(-c4ccccc4)c3)cc2)cc1. The molecule has 2 heteroatoms. The second-order valence-corrected chi connectivity index (χ2v) is 15.7. The van der Waals surface area contributed by atoms with Crippen molar-refractivity contribution in [2.24, 2.45) is 0 Å². The van der Waals surface area contributed by atoms with Crippen LogP contribution in [0.15, 0.2) is 255 Å². The van der Waals surface area contributed by atoms with E-state index in [1.54, 1.807) is 0 Å². The first-order chi connectivity index (χ1) is 30.8. The molecule has 0 saturated carbocycles. The smallest absolute Gasteiger partial charge is 0.0562 e. The van der Waals surface area contributed by atoms with Crippen molar-refractivity contribution in [1.82, 2.24) is 4.57 Å². The average Bonchev–Trinajstić information content (AvgIpc) is 3.70. The third-order valence-electron chi connectivity index (χ3n) is 12.0. The summed E-state index contributed by atoms with van der Waals surface area (Å²) in [7, 11) is 0. The quantitative estimate of drug-likeness (QED) is 0.141. The predicted octanol–water partition coefficient (Wildman–Crippen LogP) is 16.6. The Balaban J connectivity index is 1.16. The molecule has 0 spiro atoms. The Labute approximate surface area is 362 Å². The molecule has 0 aliphatic heterocycles. The molecule has 0 unspecified atom stereocenters. The molecule has 0 aliphatic rings. The van der Waals surface area contributed by atoms with Crippen molar-refractivity contribution in [1.29, 1.82) is 0 Å². The van der Waals surface area contributed by atoms with Gasteiger partial charge in [-0.2, -0.15) is 0 Å². The third-order valence-corrected chi connectivity index (χ3v) is 12.0. The van der Waals surface area contributed by atoms with E-state index in [9.17, 15) is 0 Å². The van der Waals surface area contributed by atoms with E-state index in [1.165, 1.54) is 44.1 Å². The molecule has 0 saturated heterocycles. The fourth-order valence-electron chi connectivity index (χ4n) is 9.06. The van der Waals surface area contributed by atoms with Crippen molar-refractivity contribution in [3.8, 4) is 61.3 Å². The van der Waals surface area contributed by atoms with E-state index in [0.29, 0.717) is 0 Å². The summed E-state index contributed by atoms with van der Waals surface area (Å²) in [5.74, 6) is 0. The number of aromatic nitrogens is 1. The van der Waals surface area contributed by atoms with Gasteiger partial charge in [0.05, 0.1) is 28.1 Å². The van der Waals surface area contributed by atoms with Gasteiger partial charge < -0.3 is 9.47 Å². The van der Waals surface area contributed by atoms with Crippen LogP contribution in [-0.2, 0) is 0 Å². The van der Waals surface area contributed by atoms with E-state index in [4.69, 9.17) is 0 Å². The molecule has 11 rings (SSSR count). The lowest BCUT2D eigenvalue weighted by atomic mass is 9.94. The number of nitrogens with zero attached hydrogens (tertiary/aromatic N) is 2. The number of hydrogen-bond acceptors (Lipinski definition) is 1. The number of para-hydroxylation sites is 3. The molecular weight excluding hydrogens is 749 g/mol. The Morgan fingerprint density at radius 1 is 0.258 bits per heavy atom. The maximum atomic E-state index is 2.51. The molecule has 11 aromatic rings. The van der Waals surface area contributed by atoms with Gasteiger partial charge in [-0.25, -0.2) is 0 Å². The molecule has 1 heterocycles. The van der Waals surface area contributed by atoms with Crippen LogP contribution in [0.1, 0.15) is 0 Å². The monoisotopic (exact) mass is 790 g/mol. The van der Waals surface area contributed by atoms with E-state index in [2.05, 4.69) is 264 Å². The molecular formula is C60H42N2. The molecule has 292 valence electrons. The maximum Gasteiger partial charge on any atom is 0.0562 e. The molecule has 0 radical (unpaired) electrons. The topological polar surface area (TPSA) is 8.17 Å². The van der Waals surface area contributed by atoms with Crippen LogP contribution in [0.5, 0.6) is 0 Å². The van der Waals surface area contributed by atoms with Gasteiger partial charge in [-0.05, 0) is 93.0 Å². The van der Waals surface area contributed by atoms with Crippen LogP contribution < -0.4 is 4.90 Å². The lowest BCUT2D eigenvalue weighted by molar-refractivity contribution is 1.18. The molecule has 0 atom stereocenters. The number of fused-ring (bicyclic) bond motifs is 3. The average molecular weight is 791 g/mol. The van der Waals surface area contributed by atoms with Crippen molar-refractivity contribution in [3.05, 3.63) is 255 Å². The highest BCUT2D eigenvalue weighted by Gasteiger charge is 2.25. The van der Waals surface area contributed by atoms with Crippen molar-refractivity contribution >= 4 is 38.9 Å². The highest BCUT2D eigenvalue weighted by molar-refractivity contribution is 6.17. The van der Waals surface area contributed by atoms with Crippen molar-refractivity contribution in [2.75, 3.05) is 4.90 Å². The summed E-state index contributed by atoms with van der Waals surface area (Å²) in [6.07, 6.45) is 0. The number of benzene rings is 10. The zero-order valence-electron chi connectivity index (χ0n) is 34.1. The van der Waals surface area contributed by atoms with Crippen LogP contribution in [0, 0.1) is 0 Å². The Kier molecular flexibility index (Phi) is 9.57. The molecule has 1 aromatic heterocycles. The largest absolute Gasteiger partial charge is 0.309 e. The number of anilines is 3. The lowest BCUT2D eigenvalue weighted by Crippen LogP contribution is -2.13. The summed E-state index contributed by atoms with van der Waals surface area (Å²) in [5, 5.41) is 2.40. The first-order valence-corrected chi connectivity index (χ1v) is 21.3. The van der Waals surface area contributed by atoms with Crippen LogP contribution in [0.25, 0.3) is 83.1 Å². The van der Waals surface area contributed by atoms with Crippen molar-refractivity contribution < 1.29 is 0 Å². The van der Waals surface area contributed by atoms with Gasteiger partial charge in [0, 0.05) is 27.6 Å². The zero-order valence-corrected chi connectivity index (χ0v) is 34.1. The minimum Gasteiger partial charge on any atom is -0.309 e. The van der Waals surface area contributed by atoms with Gasteiger partial charge in [-0.15, -0.1) is 0 Å². The molecule has 0 bridgehead atoms. The van der Waals surface area contributed by atoms with Gasteiger partial charge in [0.2, 0.25) is 0 Å². The molecule has 0 amide bonds. The summed E-state index contributed by atoms with van der Waals surface area (Å²) in [5.41, 5.74) is 18.5. The van der Waals surface area contributed by atoms with Gasteiger partial charge in [0.15, 0.2) is 0 Å². The Morgan fingerprint density at radius 2 is 0.677 bits per heavy atom. The second-order valence-electron chi connectivity index (χ2n) is 15.7. The molecule has 10 aromatic carbocycles. The van der Waals surface area contributed by atoms with E-state index < -0.39 is 0 Å². The summed E-state index contributed by atoms with van der Waals surface area (Å²) < 4.78 is 2.40. The van der Waals surface area contributed by atoms with E-state index in [0.717, 1.165) is 56.1 Å². The molecule has 0 fully saturated rings. The fourth-order valence-corrected chi connectivity index (χ4v) is 9.06. The van der Waals surface area contributed by atoms with Crippen LogP contribution in [0.2, 0.25) is 0 Å². The van der Waals surface area contributed by atoms with Gasteiger partial charge in [0.25, 0.3) is 0 Å². The van der Waals surface area contributed by atoms with Crippen molar-refractivity contribution in [3.63, 3.8) is 0 Å². The van der Waals surface area contributed by atoms with Gasteiger partial charge in [0.1, 0.15) is 0 Å². The minimum atomic E-state index is 1.10. The van der Waals surface area contributed by atoms with E-state index >= 15 is 0 Å². The minimum absolute atomic E-state index is 1.10. The van der Waals surface area contributed by atoms with E-state index in [1.807, 2.05) is 0 Å². The van der Waals surface area contributed by atoms with Gasteiger partial charge in [-0.1, -0.05) is 206 Å². The standard InChI is InChI=1S/C60H42N2/c1-5-18-43(19-6-1)45-32-34-47(35-33-45)50-40-41-57(54(42-50)48-22-9-3-10-23-48)62(55-28-15-13-26-52(55)49-38-36-46(37-39-49)44-20-7-2-8-21-44)59-31-17-30-58-60(59)53-27-14-16-29-56(53)61(58)51-24-11-4-12-25-51/h1-42H. The first-order valence-electron chi connectivity index (χ1n) is 21.3. The highest BCUT2D eigenvalue weighted by atomic mass is 15.2.